The Labute approximate surface area is 138 Å². The van der Waals surface area contributed by atoms with Crippen LogP contribution in [0.5, 0.6) is 11.6 Å². The summed E-state index contributed by atoms with van der Waals surface area (Å²) in [6, 6.07) is 16.1. The fourth-order valence-corrected chi connectivity index (χ4v) is 2.63. The third kappa shape index (κ3) is 2.86. The molecule has 0 saturated heterocycles. The summed E-state index contributed by atoms with van der Waals surface area (Å²) < 4.78 is 5.50. The number of benzene rings is 2. The molecular formula is C18H15N3O3. The molecular weight excluding hydrogens is 306 g/mol. The standard InChI is InChI=1S/C18H15N3O3/c22-18(23)16-17(20-21-19-16)24-15-9-7-14(8-10-15)13-5-3-12(4-6-13)11-1-2-11/h3-11H,1-2H2,(H,22,23)(H,19,20,21). The van der Waals surface area contributed by atoms with E-state index < -0.39 is 5.97 Å². The van der Waals surface area contributed by atoms with Crippen molar-refractivity contribution in [3.63, 3.8) is 0 Å². The summed E-state index contributed by atoms with van der Waals surface area (Å²) in [5.41, 5.74) is 3.38. The van der Waals surface area contributed by atoms with Crippen LogP contribution in [-0.4, -0.2) is 26.5 Å². The highest BCUT2D eigenvalue weighted by Crippen LogP contribution is 2.40. The number of rotatable bonds is 5. The van der Waals surface area contributed by atoms with E-state index in [1.54, 1.807) is 12.1 Å². The van der Waals surface area contributed by atoms with Gasteiger partial charge in [-0.2, -0.15) is 0 Å². The van der Waals surface area contributed by atoms with Gasteiger partial charge in [0.15, 0.2) is 0 Å². The van der Waals surface area contributed by atoms with Crippen LogP contribution in [0, 0.1) is 0 Å². The van der Waals surface area contributed by atoms with Gasteiger partial charge in [-0.1, -0.05) is 41.6 Å². The van der Waals surface area contributed by atoms with Gasteiger partial charge in [0.1, 0.15) is 5.75 Å². The minimum atomic E-state index is -1.19. The lowest BCUT2D eigenvalue weighted by molar-refractivity contribution is 0.0687. The first-order chi connectivity index (χ1) is 11.7. The normalized spacial score (nSPS) is 13.7. The van der Waals surface area contributed by atoms with Crippen LogP contribution >= 0.6 is 0 Å². The maximum absolute atomic E-state index is 11.0. The molecule has 1 aliphatic carbocycles. The highest BCUT2D eigenvalue weighted by atomic mass is 16.5. The van der Waals surface area contributed by atoms with Gasteiger partial charge in [0, 0.05) is 0 Å². The molecule has 0 bridgehead atoms. The second-order valence-corrected chi connectivity index (χ2v) is 5.82. The Morgan fingerprint density at radius 1 is 1.04 bits per heavy atom. The topological polar surface area (TPSA) is 88.1 Å². The van der Waals surface area contributed by atoms with Crippen LogP contribution in [-0.2, 0) is 0 Å². The summed E-state index contributed by atoms with van der Waals surface area (Å²) >= 11 is 0. The van der Waals surface area contributed by atoms with Crippen LogP contribution in [0.4, 0.5) is 0 Å². The van der Waals surface area contributed by atoms with Gasteiger partial charge in [0.05, 0.1) is 0 Å². The summed E-state index contributed by atoms with van der Waals surface area (Å²) in [5.74, 6) is 0.0957. The number of hydrogen-bond acceptors (Lipinski definition) is 4. The first kappa shape index (κ1) is 14.4. The highest BCUT2D eigenvalue weighted by Gasteiger charge is 2.23. The van der Waals surface area contributed by atoms with Gasteiger partial charge in [0.2, 0.25) is 5.69 Å². The second-order valence-electron chi connectivity index (χ2n) is 5.82. The molecule has 0 atom stereocenters. The molecule has 1 aliphatic rings. The molecule has 0 amide bonds. The average Bonchev–Trinajstić information content (AvgIpc) is 3.35. The van der Waals surface area contributed by atoms with Gasteiger partial charge in [-0.05, 0) is 47.6 Å². The van der Waals surface area contributed by atoms with Gasteiger partial charge in [0.25, 0.3) is 5.88 Å². The zero-order valence-electron chi connectivity index (χ0n) is 12.8. The van der Waals surface area contributed by atoms with E-state index in [0.29, 0.717) is 5.75 Å². The van der Waals surface area contributed by atoms with Crippen LogP contribution in [0.15, 0.2) is 48.5 Å². The highest BCUT2D eigenvalue weighted by molar-refractivity contribution is 5.87. The fraction of sp³-hybridized carbons (Fsp3) is 0.167. The Bertz CT molecular complexity index is 865. The van der Waals surface area contributed by atoms with Crippen molar-refractivity contribution in [1.82, 2.24) is 15.4 Å². The van der Waals surface area contributed by atoms with Crippen molar-refractivity contribution in [3.05, 3.63) is 59.8 Å². The summed E-state index contributed by atoms with van der Waals surface area (Å²) in [6.07, 6.45) is 2.60. The molecule has 120 valence electrons. The van der Waals surface area contributed by atoms with E-state index in [-0.39, 0.29) is 11.6 Å². The SMILES string of the molecule is O=C(O)c1nn[nH]c1Oc1ccc(-c2ccc(C3CC3)cc2)cc1. The Kier molecular flexibility index (Phi) is 3.49. The summed E-state index contributed by atoms with van der Waals surface area (Å²) in [7, 11) is 0. The van der Waals surface area contributed by atoms with Crippen molar-refractivity contribution >= 4 is 5.97 Å². The third-order valence-electron chi connectivity index (χ3n) is 4.09. The number of aromatic carboxylic acids is 1. The molecule has 1 aromatic heterocycles. The minimum absolute atomic E-state index is 0.0176. The van der Waals surface area contributed by atoms with Crippen LogP contribution in [0.2, 0.25) is 0 Å². The molecule has 0 radical (unpaired) electrons. The fourth-order valence-electron chi connectivity index (χ4n) is 2.63. The lowest BCUT2D eigenvalue weighted by Crippen LogP contribution is -1.99. The van der Waals surface area contributed by atoms with E-state index >= 15 is 0 Å². The van der Waals surface area contributed by atoms with Crippen LogP contribution in [0.25, 0.3) is 11.1 Å². The van der Waals surface area contributed by atoms with E-state index in [9.17, 15) is 4.79 Å². The number of nitrogens with zero attached hydrogens (tertiary/aromatic N) is 2. The molecule has 2 aromatic carbocycles. The van der Waals surface area contributed by atoms with E-state index in [1.807, 2.05) is 12.1 Å². The van der Waals surface area contributed by atoms with Crippen LogP contribution in [0.1, 0.15) is 34.8 Å². The molecule has 3 aromatic rings. The number of nitrogens with one attached hydrogen (secondary N) is 1. The smallest absolute Gasteiger partial charge is 0.362 e. The maximum Gasteiger partial charge on any atom is 0.362 e. The van der Waals surface area contributed by atoms with Crippen molar-refractivity contribution in [2.75, 3.05) is 0 Å². The van der Waals surface area contributed by atoms with Gasteiger partial charge in [-0.3, -0.25) is 0 Å². The summed E-state index contributed by atoms with van der Waals surface area (Å²) in [4.78, 5) is 11.0. The number of carbonyl (C=O) groups is 1. The van der Waals surface area contributed by atoms with Crippen molar-refractivity contribution < 1.29 is 14.6 Å². The van der Waals surface area contributed by atoms with Crippen LogP contribution < -0.4 is 4.74 Å². The average molecular weight is 321 g/mol. The molecule has 4 rings (SSSR count). The van der Waals surface area contributed by atoms with Crippen molar-refractivity contribution in [2.24, 2.45) is 0 Å². The summed E-state index contributed by atoms with van der Waals surface area (Å²) in [5, 5.41) is 18.4. The van der Waals surface area contributed by atoms with Crippen molar-refractivity contribution in [2.45, 2.75) is 18.8 Å². The van der Waals surface area contributed by atoms with Crippen molar-refractivity contribution in [1.29, 1.82) is 0 Å². The molecule has 2 N–H and O–H groups in total. The predicted molar refractivity (Wildman–Crippen MR) is 87.3 cm³/mol. The monoisotopic (exact) mass is 321 g/mol. The molecule has 24 heavy (non-hydrogen) atoms. The largest absolute Gasteiger partial charge is 0.476 e. The molecule has 0 unspecified atom stereocenters. The van der Waals surface area contributed by atoms with E-state index in [4.69, 9.17) is 9.84 Å². The van der Waals surface area contributed by atoms with Gasteiger partial charge < -0.3 is 9.84 Å². The lowest BCUT2D eigenvalue weighted by atomic mass is 10.0. The Balaban J connectivity index is 1.51. The number of hydrogen-bond donors (Lipinski definition) is 2. The molecule has 1 fully saturated rings. The number of carboxylic acid groups (broad SMARTS) is 1. The Hall–Kier alpha value is -3.15. The Morgan fingerprint density at radius 2 is 1.67 bits per heavy atom. The molecule has 1 saturated carbocycles. The number of aromatic nitrogens is 3. The number of H-pyrrole nitrogens is 1. The van der Waals surface area contributed by atoms with E-state index in [0.717, 1.165) is 17.0 Å². The van der Waals surface area contributed by atoms with E-state index in [2.05, 4.69) is 39.7 Å². The zero-order valence-corrected chi connectivity index (χ0v) is 12.8. The van der Waals surface area contributed by atoms with Crippen LogP contribution in [0.3, 0.4) is 0 Å². The quantitative estimate of drug-likeness (QED) is 0.745. The lowest BCUT2D eigenvalue weighted by Gasteiger charge is -2.06. The van der Waals surface area contributed by atoms with Gasteiger partial charge in [-0.15, -0.1) is 5.10 Å². The zero-order chi connectivity index (χ0) is 16.5. The van der Waals surface area contributed by atoms with Gasteiger partial charge >= 0.3 is 5.97 Å². The predicted octanol–water partition coefficient (Wildman–Crippen LogP) is 3.84. The molecule has 0 aliphatic heterocycles. The maximum atomic E-state index is 11.0. The molecule has 6 heteroatoms. The number of aromatic amines is 1. The van der Waals surface area contributed by atoms with E-state index in [1.165, 1.54) is 18.4 Å². The molecule has 6 nitrogen and oxygen atoms in total. The second kappa shape index (κ2) is 5.81. The first-order valence-corrected chi connectivity index (χ1v) is 7.73. The first-order valence-electron chi connectivity index (χ1n) is 7.73. The Morgan fingerprint density at radius 3 is 2.25 bits per heavy atom. The minimum Gasteiger partial charge on any atom is -0.476 e. The number of ether oxygens (including phenoxy) is 1. The third-order valence-corrected chi connectivity index (χ3v) is 4.09. The molecule has 1 heterocycles. The molecule has 0 spiro atoms. The number of carboxylic acids is 1. The van der Waals surface area contributed by atoms with Crippen molar-refractivity contribution in [3.8, 4) is 22.8 Å². The summed E-state index contributed by atoms with van der Waals surface area (Å²) in [6.45, 7) is 0. The van der Waals surface area contributed by atoms with Gasteiger partial charge in [-0.25, -0.2) is 9.89 Å².